The molecular weight excluding hydrogens is 392 g/mol. The van der Waals surface area contributed by atoms with Gasteiger partial charge in [-0.1, -0.05) is 29.8 Å². The molecule has 0 spiro atoms. The van der Waals surface area contributed by atoms with Crippen LogP contribution in [0, 0.1) is 6.92 Å². The van der Waals surface area contributed by atoms with Crippen LogP contribution in [0.5, 0.6) is 11.5 Å². The SMILES string of the molecule is Cc1ccc(CNC(=O)C2CCCN2S(=O)(=O)c2ccc3c(c2)OCCO3)cc1. The van der Waals surface area contributed by atoms with E-state index in [-0.39, 0.29) is 10.8 Å². The second kappa shape index (κ2) is 8.04. The van der Waals surface area contributed by atoms with E-state index in [2.05, 4.69) is 5.32 Å². The Balaban J connectivity index is 1.49. The van der Waals surface area contributed by atoms with Crippen molar-refractivity contribution >= 4 is 15.9 Å². The number of nitrogens with zero attached hydrogens (tertiary/aromatic N) is 1. The molecule has 0 saturated carbocycles. The lowest BCUT2D eigenvalue weighted by Crippen LogP contribution is -2.45. The van der Waals surface area contributed by atoms with Gasteiger partial charge in [-0.3, -0.25) is 4.79 Å². The van der Waals surface area contributed by atoms with Crippen molar-refractivity contribution in [2.75, 3.05) is 19.8 Å². The van der Waals surface area contributed by atoms with E-state index in [0.29, 0.717) is 50.6 Å². The van der Waals surface area contributed by atoms with Gasteiger partial charge in [-0.25, -0.2) is 8.42 Å². The zero-order valence-electron chi connectivity index (χ0n) is 16.3. The van der Waals surface area contributed by atoms with E-state index in [9.17, 15) is 13.2 Å². The first-order valence-electron chi connectivity index (χ1n) is 9.70. The van der Waals surface area contributed by atoms with Gasteiger partial charge in [0, 0.05) is 19.2 Å². The average Bonchev–Trinajstić information content (AvgIpc) is 3.24. The Morgan fingerprint density at radius 1 is 1.10 bits per heavy atom. The van der Waals surface area contributed by atoms with Crippen molar-refractivity contribution in [1.29, 1.82) is 0 Å². The van der Waals surface area contributed by atoms with E-state index >= 15 is 0 Å². The third kappa shape index (κ3) is 4.09. The molecule has 2 aliphatic heterocycles. The zero-order valence-corrected chi connectivity index (χ0v) is 17.1. The van der Waals surface area contributed by atoms with Crippen molar-refractivity contribution in [3.05, 3.63) is 53.6 Å². The zero-order chi connectivity index (χ0) is 20.4. The van der Waals surface area contributed by atoms with Crippen molar-refractivity contribution in [3.63, 3.8) is 0 Å². The van der Waals surface area contributed by atoms with Crippen molar-refractivity contribution in [2.45, 2.75) is 37.2 Å². The van der Waals surface area contributed by atoms with Crippen molar-refractivity contribution in [2.24, 2.45) is 0 Å². The average molecular weight is 416 g/mol. The highest BCUT2D eigenvalue weighted by Gasteiger charge is 2.39. The van der Waals surface area contributed by atoms with E-state index in [4.69, 9.17) is 9.47 Å². The largest absolute Gasteiger partial charge is 0.486 e. The quantitative estimate of drug-likeness (QED) is 0.808. The second-order valence-electron chi connectivity index (χ2n) is 7.28. The Morgan fingerprint density at radius 3 is 2.59 bits per heavy atom. The molecule has 2 heterocycles. The molecule has 1 amide bonds. The summed E-state index contributed by atoms with van der Waals surface area (Å²) in [5, 5.41) is 2.87. The predicted octanol–water partition coefficient (Wildman–Crippen LogP) is 2.24. The van der Waals surface area contributed by atoms with E-state index in [1.807, 2.05) is 31.2 Å². The van der Waals surface area contributed by atoms with Crippen LogP contribution in [0.1, 0.15) is 24.0 Å². The normalized spacial score (nSPS) is 19.1. The highest BCUT2D eigenvalue weighted by molar-refractivity contribution is 7.89. The highest BCUT2D eigenvalue weighted by atomic mass is 32.2. The first-order valence-corrected chi connectivity index (χ1v) is 11.1. The number of rotatable bonds is 5. The predicted molar refractivity (Wildman–Crippen MR) is 107 cm³/mol. The molecule has 7 nitrogen and oxygen atoms in total. The molecule has 0 radical (unpaired) electrons. The van der Waals surface area contributed by atoms with Gasteiger partial charge in [0.2, 0.25) is 15.9 Å². The lowest BCUT2D eigenvalue weighted by molar-refractivity contribution is -0.124. The summed E-state index contributed by atoms with van der Waals surface area (Å²) in [7, 11) is -3.82. The van der Waals surface area contributed by atoms with E-state index < -0.39 is 16.1 Å². The number of carbonyl (C=O) groups is 1. The van der Waals surface area contributed by atoms with E-state index in [0.717, 1.165) is 11.1 Å². The molecule has 1 fully saturated rings. The fraction of sp³-hybridized carbons (Fsp3) is 0.381. The van der Waals surface area contributed by atoms with Crippen molar-refractivity contribution < 1.29 is 22.7 Å². The number of fused-ring (bicyclic) bond motifs is 1. The summed E-state index contributed by atoms with van der Waals surface area (Å²) >= 11 is 0. The molecule has 1 atom stereocenters. The van der Waals surface area contributed by atoms with Gasteiger partial charge >= 0.3 is 0 Å². The first kappa shape index (κ1) is 19.7. The van der Waals surface area contributed by atoms with Crippen LogP contribution in [0.15, 0.2) is 47.4 Å². The molecule has 0 aromatic heterocycles. The highest BCUT2D eigenvalue weighted by Crippen LogP contribution is 2.34. The van der Waals surface area contributed by atoms with Gasteiger partial charge in [-0.15, -0.1) is 0 Å². The molecule has 1 unspecified atom stereocenters. The van der Waals surface area contributed by atoms with Crippen LogP contribution >= 0.6 is 0 Å². The van der Waals surface area contributed by atoms with E-state index in [1.54, 1.807) is 6.07 Å². The summed E-state index contributed by atoms with van der Waals surface area (Å²) in [6.07, 6.45) is 1.15. The van der Waals surface area contributed by atoms with Crippen molar-refractivity contribution in [1.82, 2.24) is 9.62 Å². The molecule has 8 heteroatoms. The Bertz CT molecular complexity index is 1000. The number of sulfonamides is 1. The van der Waals surface area contributed by atoms with Crippen LogP contribution in [0.4, 0.5) is 0 Å². The standard InChI is InChI=1S/C21H24N2O5S/c1-15-4-6-16(7-5-15)14-22-21(24)18-3-2-10-23(18)29(25,26)17-8-9-19-20(13-17)28-12-11-27-19/h4-9,13,18H,2-3,10-12,14H2,1H3,(H,22,24). The molecule has 2 aromatic carbocycles. The Labute approximate surface area is 170 Å². The van der Waals surface area contributed by atoms with E-state index in [1.165, 1.54) is 16.4 Å². The van der Waals surface area contributed by atoms with Gasteiger partial charge in [0.15, 0.2) is 11.5 Å². The topological polar surface area (TPSA) is 84.9 Å². The maximum atomic E-state index is 13.2. The Hall–Kier alpha value is -2.58. The molecule has 1 N–H and O–H groups in total. The fourth-order valence-electron chi connectivity index (χ4n) is 3.62. The number of benzene rings is 2. The maximum Gasteiger partial charge on any atom is 0.243 e. The van der Waals surface area contributed by atoms with Crippen LogP contribution in [0.2, 0.25) is 0 Å². The number of hydrogen-bond acceptors (Lipinski definition) is 5. The minimum atomic E-state index is -3.82. The van der Waals surface area contributed by atoms with Crippen LogP contribution in [-0.2, 0) is 21.4 Å². The minimum Gasteiger partial charge on any atom is -0.486 e. The van der Waals surface area contributed by atoms with Gasteiger partial charge in [0.25, 0.3) is 0 Å². The first-order chi connectivity index (χ1) is 13.9. The Kier molecular flexibility index (Phi) is 5.47. The molecule has 0 bridgehead atoms. The number of aryl methyl sites for hydroxylation is 1. The number of hydrogen-bond donors (Lipinski definition) is 1. The third-order valence-corrected chi connectivity index (χ3v) is 7.12. The molecule has 1 saturated heterocycles. The lowest BCUT2D eigenvalue weighted by atomic mass is 10.1. The number of carbonyl (C=O) groups excluding carboxylic acids is 1. The smallest absolute Gasteiger partial charge is 0.243 e. The summed E-state index contributed by atoms with van der Waals surface area (Å²) in [5.74, 6) is 0.671. The summed E-state index contributed by atoms with van der Waals surface area (Å²) in [5.41, 5.74) is 2.12. The second-order valence-corrected chi connectivity index (χ2v) is 9.17. The van der Waals surface area contributed by atoms with Crippen molar-refractivity contribution in [3.8, 4) is 11.5 Å². The van der Waals surface area contributed by atoms with Crippen LogP contribution < -0.4 is 14.8 Å². The molecular formula is C21H24N2O5S. The van der Waals surface area contributed by atoms with Gasteiger partial charge in [0.05, 0.1) is 4.90 Å². The maximum absolute atomic E-state index is 13.2. The number of amides is 1. The van der Waals surface area contributed by atoms with Crippen LogP contribution in [0.25, 0.3) is 0 Å². The number of nitrogens with one attached hydrogen (secondary N) is 1. The summed E-state index contributed by atoms with van der Waals surface area (Å²) < 4.78 is 38.7. The molecule has 154 valence electrons. The molecule has 2 aromatic rings. The molecule has 0 aliphatic carbocycles. The monoisotopic (exact) mass is 416 g/mol. The van der Waals surface area contributed by atoms with Gasteiger partial charge < -0.3 is 14.8 Å². The fourth-order valence-corrected chi connectivity index (χ4v) is 5.29. The minimum absolute atomic E-state index is 0.111. The van der Waals surface area contributed by atoms with Gasteiger partial charge in [-0.05, 0) is 37.5 Å². The van der Waals surface area contributed by atoms with Crippen LogP contribution in [0.3, 0.4) is 0 Å². The lowest BCUT2D eigenvalue weighted by Gasteiger charge is -2.24. The van der Waals surface area contributed by atoms with Gasteiger partial charge in [-0.2, -0.15) is 4.31 Å². The molecule has 29 heavy (non-hydrogen) atoms. The summed E-state index contributed by atoms with van der Waals surface area (Å²) in [6.45, 7) is 3.51. The number of ether oxygens (including phenoxy) is 2. The Morgan fingerprint density at radius 2 is 1.83 bits per heavy atom. The summed E-state index contributed by atoms with van der Waals surface area (Å²) in [6, 6.07) is 11.7. The third-order valence-electron chi connectivity index (χ3n) is 5.21. The van der Waals surface area contributed by atoms with Crippen LogP contribution in [-0.4, -0.2) is 44.4 Å². The molecule has 2 aliphatic rings. The molecule has 4 rings (SSSR count). The van der Waals surface area contributed by atoms with Gasteiger partial charge in [0.1, 0.15) is 19.3 Å². The summed E-state index contributed by atoms with van der Waals surface area (Å²) in [4.78, 5) is 12.9.